The van der Waals surface area contributed by atoms with Gasteiger partial charge in [0.2, 0.25) is 0 Å². The van der Waals surface area contributed by atoms with Gasteiger partial charge in [-0.2, -0.15) is 0 Å². The third-order valence-corrected chi connectivity index (χ3v) is 9.13. The molecule has 5 heterocycles. The number of ether oxygens (including phenoxy) is 4. The molecule has 0 aliphatic carbocycles. The molecule has 5 aromatic rings. The largest absolute Gasteiger partial charge is 0.375 e. The lowest BCUT2D eigenvalue weighted by Gasteiger charge is -2.48. The number of aromatic nitrogens is 5. The monoisotopic (exact) mass is 667 g/mol. The summed E-state index contributed by atoms with van der Waals surface area (Å²) in [5.74, 6) is -4.23. The van der Waals surface area contributed by atoms with Gasteiger partial charge in [-0.15, -0.1) is 5.10 Å². The first-order valence-corrected chi connectivity index (χ1v) is 15.4. The van der Waals surface area contributed by atoms with Crippen molar-refractivity contribution in [3.8, 4) is 22.5 Å². The number of nitrogens with zero attached hydrogens (tertiary/aromatic N) is 5. The minimum Gasteiger partial charge on any atom is -0.375 e. The molecule has 2 aliphatic heterocycles. The second kappa shape index (κ2) is 13.1. The fourth-order valence-electron chi connectivity index (χ4n) is 5.61. The van der Waals surface area contributed by atoms with Crippen molar-refractivity contribution in [3.63, 3.8) is 0 Å². The van der Waals surface area contributed by atoms with Crippen LogP contribution in [-0.4, -0.2) is 62.4 Å². The molecule has 7 rings (SSSR count). The molecule has 6 atom stereocenters. The van der Waals surface area contributed by atoms with Gasteiger partial charge in [0, 0.05) is 47.3 Å². The molecule has 0 radical (unpaired) electrons. The van der Waals surface area contributed by atoms with Gasteiger partial charge in [-0.3, -0.25) is 9.97 Å². The lowest BCUT2D eigenvalue weighted by Crippen LogP contribution is -2.59. The van der Waals surface area contributed by atoms with Crippen LogP contribution in [0.15, 0.2) is 90.3 Å². The van der Waals surface area contributed by atoms with Crippen LogP contribution in [0.5, 0.6) is 0 Å². The average molecular weight is 668 g/mol. The molecule has 236 valence electrons. The number of benzene rings is 2. The van der Waals surface area contributed by atoms with Crippen LogP contribution in [0.2, 0.25) is 5.02 Å². The number of hydrogen-bond donors (Lipinski definition) is 0. The zero-order valence-corrected chi connectivity index (χ0v) is 25.6. The first kappa shape index (κ1) is 30.8. The fourth-order valence-corrected chi connectivity index (χ4v) is 7.16. The standard InChI is InChI=1S/C32H25ClF3N5O4S/c1-42-30-28(41-15-23(39-40-41)19-10-21(34)26(36)22(35)11-19)29-24(16-43-31(45-29)17-6-3-2-4-7-17)44-32(30)46-25-12-20(33)14-38-27(25)18-8-5-9-37-13-18/h2-15,24,28-32H,16H2,1H3. The van der Waals surface area contributed by atoms with Gasteiger partial charge in [-0.1, -0.05) is 58.9 Å². The van der Waals surface area contributed by atoms with Gasteiger partial charge >= 0.3 is 0 Å². The first-order chi connectivity index (χ1) is 22.4. The van der Waals surface area contributed by atoms with Crippen LogP contribution < -0.4 is 0 Å². The van der Waals surface area contributed by atoms with E-state index in [2.05, 4.69) is 20.3 Å². The van der Waals surface area contributed by atoms with E-state index in [0.29, 0.717) is 10.7 Å². The highest BCUT2D eigenvalue weighted by molar-refractivity contribution is 8.00. The van der Waals surface area contributed by atoms with Gasteiger partial charge in [0.15, 0.2) is 23.7 Å². The molecule has 0 amide bonds. The summed E-state index contributed by atoms with van der Waals surface area (Å²) in [6, 6.07) is 16.1. The van der Waals surface area contributed by atoms with Gasteiger partial charge in [0.05, 0.1) is 23.5 Å². The maximum Gasteiger partial charge on any atom is 0.194 e. The Kier molecular flexibility index (Phi) is 8.77. The zero-order valence-electron chi connectivity index (χ0n) is 24.0. The van der Waals surface area contributed by atoms with Crippen LogP contribution in [-0.2, 0) is 18.9 Å². The van der Waals surface area contributed by atoms with Crippen LogP contribution in [0.3, 0.4) is 0 Å². The van der Waals surface area contributed by atoms with E-state index in [4.69, 9.17) is 30.5 Å². The number of halogens is 4. The summed E-state index contributed by atoms with van der Waals surface area (Å²) in [6.45, 7) is 0.188. The number of thioether (sulfide) groups is 1. The van der Waals surface area contributed by atoms with E-state index in [9.17, 15) is 13.2 Å². The van der Waals surface area contributed by atoms with E-state index < -0.39 is 53.5 Å². The highest BCUT2D eigenvalue weighted by atomic mass is 35.5. The first-order valence-electron chi connectivity index (χ1n) is 14.2. The molecule has 2 aromatic carbocycles. The molecule has 9 nitrogen and oxygen atoms in total. The van der Waals surface area contributed by atoms with Crippen molar-refractivity contribution < 1.29 is 32.1 Å². The summed E-state index contributed by atoms with van der Waals surface area (Å²) in [5.41, 5.74) is 1.75. The Bertz CT molecular complexity index is 1820. The lowest BCUT2D eigenvalue weighted by molar-refractivity contribution is -0.308. The Balaban J connectivity index is 1.27. The quantitative estimate of drug-likeness (QED) is 0.177. The predicted molar refractivity (Wildman–Crippen MR) is 162 cm³/mol. The molecule has 2 fully saturated rings. The molecule has 3 aromatic heterocycles. The normalized spacial score (nSPS) is 24.5. The Morgan fingerprint density at radius 3 is 2.52 bits per heavy atom. The van der Waals surface area contributed by atoms with E-state index in [1.165, 1.54) is 22.6 Å². The summed E-state index contributed by atoms with van der Waals surface area (Å²) in [5, 5.41) is 8.93. The number of rotatable bonds is 7. The highest BCUT2D eigenvalue weighted by Crippen LogP contribution is 2.46. The third-order valence-electron chi connectivity index (χ3n) is 7.75. The van der Waals surface area contributed by atoms with Crippen molar-refractivity contribution in [2.24, 2.45) is 0 Å². The highest BCUT2D eigenvalue weighted by Gasteiger charge is 2.52. The van der Waals surface area contributed by atoms with Gasteiger partial charge in [0.25, 0.3) is 0 Å². The maximum absolute atomic E-state index is 14.1. The molecule has 14 heteroatoms. The van der Waals surface area contributed by atoms with Crippen LogP contribution in [0.4, 0.5) is 13.2 Å². The number of pyridine rings is 2. The molecule has 0 bridgehead atoms. The lowest BCUT2D eigenvalue weighted by atomic mass is 9.95. The van der Waals surface area contributed by atoms with Crippen LogP contribution >= 0.6 is 23.4 Å². The minimum absolute atomic E-state index is 0.0207. The summed E-state index contributed by atoms with van der Waals surface area (Å²) in [6.07, 6.45) is 3.85. The second-order valence-electron chi connectivity index (χ2n) is 10.6. The summed E-state index contributed by atoms with van der Waals surface area (Å²) >= 11 is 7.75. The van der Waals surface area contributed by atoms with Gasteiger partial charge in [-0.05, 0) is 30.3 Å². The van der Waals surface area contributed by atoms with Crippen LogP contribution in [0, 0.1) is 17.5 Å². The molecule has 0 saturated carbocycles. The summed E-state index contributed by atoms with van der Waals surface area (Å²) in [7, 11) is 1.55. The third kappa shape index (κ3) is 6.01. The van der Waals surface area contributed by atoms with Gasteiger partial charge in [-0.25, -0.2) is 17.9 Å². The molecule has 6 unspecified atom stereocenters. The van der Waals surface area contributed by atoms with Crippen molar-refractivity contribution in [1.29, 1.82) is 0 Å². The van der Waals surface area contributed by atoms with Crippen molar-refractivity contribution >= 4 is 23.4 Å². The van der Waals surface area contributed by atoms with Crippen molar-refractivity contribution in [2.75, 3.05) is 13.7 Å². The van der Waals surface area contributed by atoms with Crippen LogP contribution in [0.1, 0.15) is 17.9 Å². The summed E-state index contributed by atoms with van der Waals surface area (Å²) in [4.78, 5) is 9.52. The van der Waals surface area contributed by atoms with E-state index >= 15 is 0 Å². The number of fused-ring (bicyclic) bond motifs is 1. The van der Waals surface area contributed by atoms with Crippen molar-refractivity contribution in [1.82, 2.24) is 25.0 Å². The molecule has 2 aliphatic rings. The topological polar surface area (TPSA) is 93.4 Å². The molecular formula is C32H25ClF3N5O4S. The maximum atomic E-state index is 14.1. The van der Waals surface area contributed by atoms with E-state index in [1.54, 1.807) is 31.8 Å². The number of methoxy groups -OCH3 is 1. The zero-order chi connectivity index (χ0) is 31.8. The fraction of sp³-hybridized carbons (Fsp3) is 0.250. The molecule has 46 heavy (non-hydrogen) atoms. The SMILES string of the molecule is COC1C(Sc2cc(Cl)cnc2-c2cccnc2)OC2COC(c3ccccc3)OC2C1n1cc(-c2cc(F)c(F)c(F)c2)nn1. The van der Waals surface area contributed by atoms with Gasteiger partial charge in [0.1, 0.15) is 35.5 Å². The van der Waals surface area contributed by atoms with Crippen molar-refractivity contribution in [3.05, 3.63) is 113 Å². The van der Waals surface area contributed by atoms with Crippen molar-refractivity contribution in [2.45, 2.75) is 41.0 Å². The minimum atomic E-state index is -1.56. The molecular weight excluding hydrogens is 643 g/mol. The molecule has 0 spiro atoms. The smallest absolute Gasteiger partial charge is 0.194 e. The molecule has 2 saturated heterocycles. The van der Waals surface area contributed by atoms with Crippen LogP contribution in [0.25, 0.3) is 22.5 Å². The van der Waals surface area contributed by atoms with Gasteiger partial charge < -0.3 is 18.9 Å². The van der Waals surface area contributed by atoms with E-state index in [1.807, 2.05) is 42.5 Å². The summed E-state index contributed by atoms with van der Waals surface area (Å²) < 4.78 is 68.8. The predicted octanol–water partition coefficient (Wildman–Crippen LogP) is 6.66. The Labute approximate surface area is 270 Å². The molecule has 0 N–H and O–H groups in total. The Morgan fingerprint density at radius 1 is 0.978 bits per heavy atom. The number of hydrogen-bond acceptors (Lipinski definition) is 9. The Morgan fingerprint density at radius 2 is 1.78 bits per heavy atom. The Hall–Kier alpha value is -3.85. The van der Waals surface area contributed by atoms with E-state index in [0.717, 1.165) is 28.2 Å². The van der Waals surface area contributed by atoms with E-state index in [-0.39, 0.29) is 17.9 Å². The average Bonchev–Trinajstić information content (AvgIpc) is 3.57. The second-order valence-corrected chi connectivity index (χ2v) is 12.2.